The van der Waals surface area contributed by atoms with Crippen LogP contribution in [-0.2, 0) is 30.4 Å². The third kappa shape index (κ3) is 11.7. The molecule has 1 aromatic carbocycles. The van der Waals surface area contributed by atoms with Crippen LogP contribution in [0.25, 0.3) is 0 Å². The lowest BCUT2D eigenvalue weighted by Crippen LogP contribution is -2.56. The lowest BCUT2D eigenvalue weighted by molar-refractivity contribution is -0.147. The normalized spacial score (nSPS) is 13.8. The molecule has 1 rings (SSSR count). The Labute approximate surface area is 212 Å². The number of hydrogen-bond acceptors (Lipinski definition) is 8. The average molecular weight is 524 g/mol. The molecule has 1 aromatic rings. The second kappa shape index (κ2) is 14.9. The van der Waals surface area contributed by atoms with E-state index in [1.807, 2.05) is 5.32 Å². The van der Waals surface area contributed by atoms with E-state index in [0.717, 1.165) is 0 Å². The molecule has 0 aliphatic rings. The van der Waals surface area contributed by atoms with Gasteiger partial charge in [0, 0.05) is 6.54 Å². The molecule has 0 bridgehead atoms. The fraction of sp³-hybridized carbons (Fsp3) is 0.455. The highest BCUT2D eigenvalue weighted by Crippen LogP contribution is 2.11. The maximum Gasteiger partial charge on any atom is 0.326 e. The fourth-order valence-electron chi connectivity index (χ4n) is 3.08. The van der Waals surface area contributed by atoms with Crippen LogP contribution in [0.4, 0.5) is 0 Å². The first kappa shape index (κ1) is 30.6. The van der Waals surface area contributed by atoms with Crippen molar-refractivity contribution < 1.29 is 39.3 Å². The van der Waals surface area contributed by atoms with Gasteiger partial charge in [-0.25, -0.2) is 4.79 Å². The number of carbonyl (C=O) groups is 5. The minimum atomic E-state index is -1.70. The third-order valence-electron chi connectivity index (χ3n) is 5.05. The van der Waals surface area contributed by atoms with Crippen LogP contribution in [0.1, 0.15) is 31.7 Å². The predicted molar refractivity (Wildman–Crippen MR) is 131 cm³/mol. The van der Waals surface area contributed by atoms with E-state index in [1.54, 1.807) is 12.1 Å². The molecule has 0 saturated heterocycles. The number of amides is 3. The molecular weight excluding hydrogens is 490 g/mol. The summed E-state index contributed by atoms with van der Waals surface area (Å²) in [4.78, 5) is 63.7. The van der Waals surface area contributed by atoms with Gasteiger partial charge in [-0.2, -0.15) is 0 Å². The summed E-state index contributed by atoms with van der Waals surface area (Å²) in [6.45, 7) is 1.43. The lowest BCUT2D eigenvalue weighted by Gasteiger charge is -2.23. The number of carbonyl (C=O) groups excluding carboxylic acids is 3. The standard InChI is InChI=1S/C22H33N7O8/c1-11(18(33)29-16(21(36)37)10-17(31)32)27-20(35)15(3-2-8-26-22(24)25)28-19(34)14(23)9-12-4-6-13(30)7-5-12/h4-7,11,14-16,30H,2-3,8-10,23H2,1H3,(H,27,35)(H,28,34)(H,29,33)(H,31,32)(H,36,37)(H4,24,25,26). The summed E-state index contributed by atoms with van der Waals surface area (Å²) < 4.78 is 0. The van der Waals surface area contributed by atoms with Gasteiger partial charge in [0.15, 0.2) is 5.96 Å². The van der Waals surface area contributed by atoms with E-state index in [1.165, 1.54) is 19.1 Å². The number of carboxylic acid groups (broad SMARTS) is 2. The van der Waals surface area contributed by atoms with Gasteiger partial charge in [-0.05, 0) is 43.9 Å². The van der Waals surface area contributed by atoms with E-state index in [-0.39, 0.29) is 37.5 Å². The largest absolute Gasteiger partial charge is 0.508 e. The predicted octanol–water partition coefficient (Wildman–Crippen LogP) is -2.65. The molecule has 12 N–H and O–H groups in total. The quantitative estimate of drug-likeness (QED) is 0.0650. The van der Waals surface area contributed by atoms with Crippen molar-refractivity contribution in [2.75, 3.05) is 6.54 Å². The molecule has 0 aliphatic heterocycles. The van der Waals surface area contributed by atoms with Gasteiger partial charge in [-0.1, -0.05) is 12.1 Å². The Kier molecular flexibility index (Phi) is 12.3. The van der Waals surface area contributed by atoms with Crippen LogP contribution in [0.3, 0.4) is 0 Å². The summed E-state index contributed by atoms with van der Waals surface area (Å²) in [7, 11) is 0. The molecule has 15 heteroatoms. The van der Waals surface area contributed by atoms with E-state index in [9.17, 15) is 29.1 Å². The number of rotatable bonds is 15. The van der Waals surface area contributed by atoms with E-state index >= 15 is 0 Å². The zero-order chi connectivity index (χ0) is 28.1. The Morgan fingerprint density at radius 2 is 1.51 bits per heavy atom. The van der Waals surface area contributed by atoms with E-state index in [0.29, 0.717) is 5.56 Å². The smallest absolute Gasteiger partial charge is 0.326 e. The molecule has 0 fully saturated rings. The van der Waals surface area contributed by atoms with Crippen molar-refractivity contribution in [3.8, 4) is 5.75 Å². The van der Waals surface area contributed by atoms with E-state index in [2.05, 4.69) is 15.6 Å². The number of aliphatic imine (C=N–C) groups is 1. The highest BCUT2D eigenvalue weighted by molar-refractivity contribution is 5.94. The lowest BCUT2D eigenvalue weighted by atomic mass is 10.0. The van der Waals surface area contributed by atoms with Crippen LogP contribution < -0.4 is 33.2 Å². The first-order chi connectivity index (χ1) is 17.3. The Morgan fingerprint density at radius 1 is 0.919 bits per heavy atom. The minimum absolute atomic E-state index is 0.0510. The molecule has 0 saturated carbocycles. The summed E-state index contributed by atoms with van der Waals surface area (Å²) in [5.74, 6) is -5.44. The average Bonchev–Trinajstić information content (AvgIpc) is 2.81. The molecular formula is C22H33N7O8. The molecule has 204 valence electrons. The number of nitrogens with two attached hydrogens (primary N) is 3. The summed E-state index contributed by atoms with van der Waals surface area (Å²) in [6.07, 6.45) is -0.382. The highest BCUT2D eigenvalue weighted by Gasteiger charge is 2.29. The fourth-order valence-corrected chi connectivity index (χ4v) is 3.08. The van der Waals surface area contributed by atoms with Gasteiger partial charge in [0.25, 0.3) is 0 Å². The van der Waals surface area contributed by atoms with Gasteiger partial charge in [0.2, 0.25) is 17.7 Å². The Hall–Kier alpha value is -4.40. The van der Waals surface area contributed by atoms with Crippen molar-refractivity contribution >= 4 is 35.6 Å². The van der Waals surface area contributed by atoms with Gasteiger partial charge >= 0.3 is 11.9 Å². The molecule has 3 amide bonds. The molecule has 15 nitrogen and oxygen atoms in total. The number of phenolic OH excluding ortho intramolecular Hbond substituents is 1. The van der Waals surface area contributed by atoms with Gasteiger partial charge in [0.05, 0.1) is 12.5 Å². The second-order valence-corrected chi connectivity index (χ2v) is 8.21. The monoisotopic (exact) mass is 523 g/mol. The van der Waals surface area contributed by atoms with Crippen molar-refractivity contribution in [1.82, 2.24) is 16.0 Å². The number of hydrogen-bond donors (Lipinski definition) is 9. The summed E-state index contributed by atoms with van der Waals surface area (Å²) in [5.41, 5.74) is 17.2. The van der Waals surface area contributed by atoms with Gasteiger partial charge in [0.1, 0.15) is 23.9 Å². The van der Waals surface area contributed by atoms with Crippen LogP contribution in [0.5, 0.6) is 5.75 Å². The summed E-state index contributed by atoms with van der Waals surface area (Å²) in [6, 6.07) is 0.939. The molecule has 0 aliphatic carbocycles. The number of nitrogens with one attached hydrogen (secondary N) is 3. The van der Waals surface area contributed by atoms with Crippen LogP contribution in [0, 0.1) is 0 Å². The first-order valence-corrected chi connectivity index (χ1v) is 11.2. The molecule has 0 aromatic heterocycles. The number of nitrogens with zero attached hydrogens (tertiary/aromatic N) is 1. The number of aromatic hydroxyl groups is 1. The molecule has 0 radical (unpaired) electrons. The molecule has 37 heavy (non-hydrogen) atoms. The van der Waals surface area contributed by atoms with Gasteiger partial charge < -0.3 is 48.5 Å². The van der Waals surface area contributed by atoms with Gasteiger partial charge in [-0.3, -0.25) is 24.2 Å². The minimum Gasteiger partial charge on any atom is -0.508 e. The van der Waals surface area contributed by atoms with Crippen molar-refractivity contribution in [2.24, 2.45) is 22.2 Å². The molecule has 0 heterocycles. The second-order valence-electron chi connectivity index (χ2n) is 8.21. The Morgan fingerprint density at radius 3 is 2.05 bits per heavy atom. The zero-order valence-corrected chi connectivity index (χ0v) is 20.2. The highest BCUT2D eigenvalue weighted by atomic mass is 16.4. The zero-order valence-electron chi connectivity index (χ0n) is 20.2. The van der Waals surface area contributed by atoms with Crippen LogP contribution in [0.15, 0.2) is 29.3 Å². The molecule has 4 atom stereocenters. The van der Waals surface area contributed by atoms with Crippen LogP contribution >= 0.6 is 0 Å². The molecule has 4 unspecified atom stereocenters. The number of phenols is 1. The van der Waals surface area contributed by atoms with Gasteiger partial charge in [-0.15, -0.1) is 0 Å². The van der Waals surface area contributed by atoms with Crippen molar-refractivity contribution in [1.29, 1.82) is 0 Å². The number of carboxylic acids is 2. The van der Waals surface area contributed by atoms with E-state index in [4.69, 9.17) is 27.4 Å². The van der Waals surface area contributed by atoms with E-state index < -0.39 is 60.2 Å². The van der Waals surface area contributed by atoms with Crippen molar-refractivity contribution in [3.63, 3.8) is 0 Å². The SMILES string of the molecule is CC(NC(=O)C(CCCN=C(N)N)NC(=O)C(N)Cc1ccc(O)cc1)C(=O)NC(CC(=O)O)C(=O)O. The Balaban J connectivity index is 2.86. The Bertz CT molecular complexity index is 995. The maximum absolute atomic E-state index is 12.9. The molecule has 0 spiro atoms. The number of guanidine groups is 1. The topological polar surface area (TPSA) is 273 Å². The maximum atomic E-state index is 12.9. The summed E-state index contributed by atoms with van der Waals surface area (Å²) >= 11 is 0. The van der Waals surface area contributed by atoms with Crippen molar-refractivity contribution in [2.45, 2.75) is 56.8 Å². The van der Waals surface area contributed by atoms with Crippen LogP contribution in [-0.4, -0.2) is 81.7 Å². The van der Waals surface area contributed by atoms with Crippen LogP contribution in [0.2, 0.25) is 0 Å². The summed E-state index contributed by atoms with van der Waals surface area (Å²) in [5, 5.41) is 34.2. The first-order valence-electron chi connectivity index (χ1n) is 11.2. The van der Waals surface area contributed by atoms with Crippen molar-refractivity contribution in [3.05, 3.63) is 29.8 Å². The third-order valence-corrected chi connectivity index (χ3v) is 5.05. The number of benzene rings is 1. The number of aliphatic carboxylic acids is 2.